The van der Waals surface area contributed by atoms with Gasteiger partial charge in [-0.3, -0.25) is 0 Å². The molecule has 1 unspecified atom stereocenters. The molecule has 0 spiro atoms. The molecule has 0 saturated carbocycles. The molecule has 2 rings (SSSR count). The molecule has 0 saturated heterocycles. The number of fused-ring (bicyclic) bond motifs is 1. The molecule has 1 nitrogen and oxygen atoms in total. The first-order chi connectivity index (χ1) is 7.95. The van der Waals surface area contributed by atoms with Crippen LogP contribution >= 0.6 is 0 Å². The molecule has 92 valence electrons. The van der Waals surface area contributed by atoms with Gasteiger partial charge in [0.1, 0.15) is 0 Å². The molecule has 17 heavy (non-hydrogen) atoms. The fourth-order valence-electron chi connectivity index (χ4n) is 2.71. The summed E-state index contributed by atoms with van der Waals surface area (Å²) < 4.78 is 5.38. The van der Waals surface area contributed by atoms with E-state index in [1.165, 1.54) is 22.3 Å². The van der Waals surface area contributed by atoms with Crippen LogP contribution in [0.25, 0.3) is 6.08 Å². The standard InChI is InChI=1S/C16H22O/c1-11-9-12-7-6-8-14(16(2,3)4)15(12)13(11)10-17-5/h6-9,13H,10H2,1-5H3. The van der Waals surface area contributed by atoms with Crippen LogP contribution in [-0.2, 0) is 10.2 Å². The van der Waals surface area contributed by atoms with E-state index in [1.54, 1.807) is 7.11 Å². The number of ether oxygens (including phenoxy) is 1. The Morgan fingerprint density at radius 2 is 1.94 bits per heavy atom. The molecule has 0 amide bonds. The average Bonchev–Trinajstić information content (AvgIpc) is 2.54. The largest absolute Gasteiger partial charge is 0.384 e. The third-order valence-electron chi connectivity index (χ3n) is 3.56. The zero-order valence-electron chi connectivity index (χ0n) is 11.5. The first-order valence-electron chi connectivity index (χ1n) is 6.25. The van der Waals surface area contributed by atoms with Crippen LogP contribution in [0.3, 0.4) is 0 Å². The molecule has 0 N–H and O–H groups in total. The van der Waals surface area contributed by atoms with Gasteiger partial charge >= 0.3 is 0 Å². The van der Waals surface area contributed by atoms with Gasteiger partial charge < -0.3 is 4.74 Å². The van der Waals surface area contributed by atoms with E-state index >= 15 is 0 Å². The average molecular weight is 230 g/mol. The lowest BCUT2D eigenvalue weighted by atomic mass is 9.79. The van der Waals surface area contributed by atoms with Gasteiger partial charge in [-0.2, -0.15) is 0 Å². The zero-order chi connectivity index (χ0) is 12.6. The van der Waals surface area contributed by atoms with Gasteiger partial charge in [0.2, 0.25) is 0 Å². The summed E-state index contributed by atoms with van der Waals surface area (Å²) in [7, 11) is 1.78. The molecular weight excluding hydrogens is 208 g/mol. The summed E-state index contributed by atoms with van der Waals surface area (Å²) in [6.07, 6.45) is 2.30. The van der Waals surface area contributed by atoms with Gasteiger partial charge in [0, 0.05) is 13.0 Å². The minimum absolute atomic E-state index is 0.190. The minimum Gasteiger partial charge on any atom is -0.384 e. The molecule has 1 aromatic carbocycles. The van der Waals surface area contributed by atoms with Gasteiger partial charge in [-0.05, 0) is 29.0 Å². The van der Waals surface area contributed by atoms with Crippen molar-refractivity contribution in [3.05, 3.63) is 40.5 Å². The summed E-state index contributed by atoms with van der Waals surface area (Å²) >= 11 is 0. The van der Waals surface area contributed by atoms with E-state index in [1.807, 2.05) is 0 Å². The van der Waals surface area contributed by atoms with E-state index in [4.69, 9.17) is 4.74 Å². The molecule has 1 aromatic rings. The lowest BCUT2D eigenvalue weighted by Crippen LogP contribution is -2.17. The number of rotatable bonds is 2. The molecule has 0 aromatic heterocycles. The van der Waals surface area contributed by atoms with E-state index in [9.17, 15) is 0 Å². The predicted molar refractivity (Wildman–Crippen MR) is 73.4 cm³/mol. The maximum absolute atomic E-state index is 5.38. The van der Waals surface area contributed by atoms with Crippen molar-refractivity contribution in [2.24, 2.45) is 0 Å². The number of hydrogen-bond acceptors (Lipinski definition) is 1. The van der Waals surface area contributed by atoms with Gasteiger partial charge in [0.25, 0.3) is 0 Å². The molecule has 1 atom stereocenters. The number of methoxy groups -OCH3 is 1. The summed E-state index contributed by atoms with van der Waals surface area (Å²) in [6.45, 7) is 9.82. The quantitative estimate of drug-likeness (QED) is 0.742. The molecule has 0 heterocycles. The first kappa shape index (κ1) is 12.4. The van der Waals surface area contributed by atoms with Crippen molar-refractivity contribution in [1.82, 2.24) is 0 Å². The molecule has 1 aliphatic carbocycles. The fourth-order valence-corrected chi connectivity index (χ4v) is 2.71. The highest BCUT2D eigenvalue weighted by atomic mass is 16.5. The first-order valence-corrected chi connectivity index (χ1v) is 6.25. The van der Waals surface area contributed by atoms with Crippen LogP contribution in [0.2, 0.25) is 0 Å². The third-order valence-corrected chi connectivity index (χ3v) is 3.56. The van der Waals surface area contributed by atoms with E-state index < -0.39 is 0 Å². The maximum atomic E-state index is 5.38. The number of benzene rings is 1. The Labute approximate surface area is 104 Å². The molecule has 0 aliphatic heterocycles. The van der Waals surface area contributed by atoms with Crippen LogP contribution in [-0.4, -0.2) is 13.7 Å². The van der Waals surface area contributed by atoms with Gasteiger partial charge in [0.15, 0.2) is 0 Å². The third kappa shape index (κ3) is 2.16. The summed E-state index contributed by atoms with van der Waals surface area (Å²) in [5.41, 5.74) is 5.90. The van der Waals surface area contributed by atoms with Gasteiger partial charge in [-0.25, -0.2) is 0 Å². The van der Waals surface area contributed by atoms with Crippen molar-refractivity contribution in [2.75, 3.05) is 13.7 Å². The van der Waals surface area contributed by atoms with Crippen LogP contribution in [0, 0.1) is 0 Å². The zero-order valence-corrected chi connectivity index (χ0v) is 11.5. The van der Waals surface area contributed by atoms with E-state index in [0.29, 0.717) is 5.92 Å². The Morgan fingerprint density at radius 1 is 1.24 bits per heavy atom. The normalized spacial score (nSPS) is 19.1. The Kier molecular flexibility index (Phi) is 3.13. The van der Waals surface area contributed by atoms with Crippen LogP contribution in [0.15, 0.2) is 23.8 Å². The lowest BCUT2D eigenvalue weighted by molar-refractivity contribution is 0.188. The Hall–Kier alpha value is -1.08. The molecule has 1 aliphatic rings. The summed E-state index contributed by atoms with van der Waals surface area (Å²) in [4.78, 5) is 0. The molecule has 0 radical (unpaired) electrons. The Morgan fingerprint density at radius 3 is 2.53 bits per heavy atom. The molecule has 0 fully saturated rings. The van der Waals surface area contributed by atoms with Crippen molar-refractivity contribution in [3.63, 3.8) is 0 Å². The SMILES string of the molecule is COCC1C(C)=Cc2cccc(C(C)(C)C)c21. The van der Waals surface area contributed by atoms with Crippen LogP contribution < -0.4 is 0 Å². The molecule has 1 heteroatoms. The summed E-state index contributed by atoms with van der Waals surface area (Å²) in [5.74, 6) is 0.436. The molecule has 0 bridgehead atoms. The van der Waals surface area contributed by atoms with E-state index in [2.05, 4.69) is 52.0 Å². The van der Waals surface area contributed by atoms with Gasteiger partial charge in [-0.15, -0.1) is 0 Å². The molecular formula is C16H22O. The highest BCUT2D eigenvalue weighted by Crippen LogP contribution is 2.41. The number of hydrogen-bond donors (Lipinski definition) is 0. The fraction of sp³-hybridized carbons (Fsp3) is 0.500. The maximum Gasteiger partial charge on any atom is 0.0568 e. The second kappa shape index (κ2) is 4.30. The second-order valence-electron chi connectivity index (χ2n) is 5.95. The van der Waals surface area contributed by atoms with E-state index in [-0.39, 0.29) is 5.41 Å². The van der Waals surface area contributed by atoms with Crippen molar-refractivity contribution >= 4 is 6.08 Å². The highest BCUT2D eigenvalue weighted by Gasteiger charge is 2.29. The highest BCUT2D eigenvalue weighted by molar-refractivity contribution is 5.68. The topological polar surface area (TPSA) is 9.23 Å². The summed E-state index contributed by atoms with van der Waals surface area (Å²) in [6, 6.07) is 6.63. The van der Waals surface area contributed by atoms with Crippen molar-refractivity contribution in [2.45, 2.75) is 39.0 Å². The monoisotopic (exact) mass is 230 g/mol. The second-order valence-corrected chi connectivity index (χ2v) is 5.95. The Bertz CT molecular complexity index is 449. The van der Waals surface area contributed by atoms with Gasteiger partial charge in [-0.1, -0.05) is 50.6 Å². The van der Waals surface area contributed by atoms with Crippen LogP contribution in [0.4, 0.5) is 0 Å². The smallest absolute Gasteiger partial charge is 0.0568 e. The van der Waals surface area contributed by atoms with Crippen LogP contribution in [0.1, 0.15) is 50.3 Å². The van der Waals surface area contributed by atoms with Crippen LogP contribution in [0.5, 0.6) is 0 Å². The lowest BCUT2D eigenvalue weighted by Gasteiger charge is -2.26. The van der Waals surface area contributed by atoms with Crippen molar-refractivity contribution < 1.29 is 4.74 Å². The van der Waals surface area contributed by atoms with Crippen molar-refractivity contribution in [1.29, 1.82) is 0 Å². The van der Waals surface area contributed by atoms with Crippen molar-refractivity contribution in [3.8, 4) is 0 Å². The van der Waals surface area contributed by atoms with Gasteiger partial charge in [0.05, 0.1) is 6.61 Å². The minimum atomic E-state index is 0.190. The predicted octanol–water partition coefficient (Wildman–Crippen LogP) is 4.13. The summed E-state index contributed by atoms with van der Waals surface area (Å²) in [5, 5.41) is 0. The van der Waals surface area contributed by atoms with E-state index in [0.717, 1.165) is 6.61 Å². The Balaban J connectivity index is 2.54.